The summed E-state index contributed by atoms with van der Waals surface area (Å²) >= 11 is 0. The van der Waals surface area contributed by atoms with Crippen LogP contribution < -0.4 is 5.32 Å². The highest BCUT2D eigenvalue weighted by molar-refractivity contribution is 5.85. The monoisotopic (exact) mass is 237 g/mol. The first-order valence-corrected chi connectivity index (χ1v) is 6.10. The van der Waals surface area contributed by atoms with Gasteiger partial charge >= 0.3 is 5.97 Å². The van der Waals surface area contributed by atoms with Gasteiger partial charge in [0.1, 0.15) is 0 Å². The Balaban J connectivity index is 1.98. The minimum atomic E-state index is -0.871. The molecule has 17 heavy (non-hydrogen) atoms. The maximum Gasteiger partial charge on any atom is 0.307 e. The predicted octanol–water partition coefficient (Wildman–Crippen LogP) is 1.57. The summed E-state index contributed by atoms with van der Waals surface area (Å²) in [5.41, 5.74) is 0.179. The van der Waals surface area contributed by atoms with E-state index in [-0.39, 0.29) is 17.4 Å². The second-order valence-electron chi connectivity index (χ2n) is 5.75. The molecule has 2 rings (SSSR count). The van der Waals surface area contributed by atoms with E-state index in [2.05, 4.69) is 19.2 Å². The van der Waals surface area contributed by atoms with Crippen LogP contribution in [0.4, 0.5) is 0 Å². The molecule has 0 aromatic heterocycles. The van der Waals surface area contributed by atoms with Crippen LogP contribution >= 0.6 is 0 Å². The molecule has 2 N–H and O–H groups in total. The number of carbonyl (C=O) groups is 2. The molecule has 4 heteroatoms. The van der Waals surface area contributed by atoms with Crippen molar-refractivity contribution in [2.45, 2.75) is 39.2 Å². The largest absolute Gasteiger partial charge is 0.481 e. The summed E-state index contributed by atoms with van der Waals surface area (Å²) in [6.45, 7) is 4.21. The number of carboxylic acids is 1. The van der Waals surface area contributed by atoms with Gasteiger partial charge in [0, 0.05) is 6.04 Å². The lowest BCUT2D eigenvalue weighted by atomic mass is 9.82. The van der Waals surface area contributed by atoms with E-state index >= 15 is 0 Å². The average Bonchev–Trinajstić information content (AvgIpc) is 2.85. The van der Waals surface area contributed by atoms with Crippen molar-refractivity contribution < 1.29 is 14.7 Å². The van der Waals surface area contributed by atoms with Crippen LogP contribution in [0.25, 0.3) is 0 Å². The molecule has 3 atom stereocenters. The third-order valence-corrected chi connectivity index (χ3v) is 3.92. The first-order chi connectivity index (χ1) is 7.92. The Hall–Kier alpha value is -1.32. The normalized spacial score (nSPS) is 34.1. The zero-order chi connectivity index (χ0) is 12.6. The highest BCUT2D eigenvalue weighted by Crippen LogP contribution is 2.45. The van der Waals surface area contributed by atoms with Crippen LogP contribution in [-0.4, -0.2) is 23.0 Å². The molecule has 0 radical (unpaired) electrons. The van der Waals surface area contributed by atoms with Gasteiger partial charge in [-0.05, 0) is 24.7 Å². The molecule has 2 aliphatic rings. The van der Waals surface area contributed by atoms with Gasteiger partial charge < -0.3 is 10.4 Å². The van der Waals surface area contributed by atoms with Crippen LogP contribution in [-0.2, 0) is 9.59 Å². The van der Waals surface area contributed by atoms with E-state index in [9.17, 15) is 9.59 Å². The Kier molecular flexibility index (Phi) is 2.98. The van der Waals surface area contributed by atoms with Gasteiger partial charge in [-0.15, -0.1) is 0 Å². The smallest absolute Gasteiger partial charge is 0.307 e. The first kappa shape index (κ1) is 12.1. The zero-order valence-corrected chi connectivity index (χ0v) is 10.3. The molecule has 0 aliphatic heterocycles. The first-order valence-electron chi connectivity index (χ1n) is 6.10. The maximum absolute atomic E-state index is 12.0. The summed E-state index contributed by atoms with van der Waals surface area (Å²) in [4.78, 5) is 23.1. The van der Waals surface area contributed by atoms with Crippen LogP contribution in [0.1, 0.15) is 33.1 Å². The zero-order valence-electron chi connectivity index (χ0n) is 10.3. The molecular weight excluding hydrogens is 218 g/mol. The fourth-order valence-corrected chi connectivity index (χ4v) is 2.37. The van der Waals surface area contributed by atoms with Crippen molar-refractivity contribution in [3.63, 3.8) is 0 Å². The molecule has 0 aromatic carbocycles. The summed E-state index contributed by atoms with van der Waals surface area (Å²) in [5.74, 6) is -1.95. The molecule has 0 aromatic rings. The van der Waals surface area contributed by atoms with Crippen LogP contribution in [0.3, 0.4) is 0 Å². The summed E-state index contributed by atoms with van der Waals surface area (Å²) < 4.78 is 0. The van der Waals surface area contributed by atoms with E-state index in [0.717, 1.165) is 6.42 Å². The van der Waals surface area contributed by atoms with Crippen molar-refractivity contribution in [3.05, 3.63) is 12.2 Å². The van der Waals surface area contributed by atoms with Crippen molar-refractivity contribution >= 4 is 11.9 Å². The number of carbonyl (C=O) groups excluding carboxylic acids is 1. The summed E-state index contributed by atoms with van der Waals surface area (Å²) in [7, 11) is 0. The summed E-state index contributed by atoms with van der Waals surface area (Å²) in [6, 6.07) is 0.218. The van der Waals surface area contributed by atoms with Gasteiger partial charge in [0.15, 0.2) is 0 Å². The van der Waals surface area contributed by atoms with E-state index < -0.39 is 17.8 Å². The van der Waals surface area contributed by atoms with Crippen molar-refractivity contribution in [1.82, 2.24) is 5.32 Å². The van der Waals surface area contributed by atoms with Crippen molar-refractivity contribution in [2.24, 2.45) is 17.3 Å². The summed E-state index contributed by atoms with van der Waals surface area (Å²) in [5, 5.41) is 12.1. The SMILES string of the molecule is CC1(C)CC1NC(=O)[C@@H]1CC=CC[C@@H]1C(=O)O. The van der Waals surface area contributed by atoms with Gasteiger partial charge in [-0.3, -0.25) is 9.59 Å². The fraction of sp³-hybridized carbons (Fsp3) is 0.692. The number of carboxylic acid groups (broad SMARTS) is 1. The number of nitrogens with one attached hydrogen (secondary N) is 1. The highest BCUT2D eigenvalue weighted by Gasteiger charge is 2.48. The van der Waals surface area contributed by atoms with Crippen LogP contribution in [0.2, 0.25) is 0 Å². The van der Waals surface area contributed by atoms with Crippen molar-refractivity contribution in [2.75, 3.05) is 0 Å². The van der Waals surface area contributed by atoms with Gasteiger partial charge in [-0.25, -0.2) is 0 Å². The van der Waals surface area contributed by atoms with Gasteiger partial charge in [0.25, 0.3) is 0 Å². The maximum atomic E-state index is 12.0. The summed E-state index contributed by atoms with van der Waals surface area (Å²) in [6.07, 6.45) is 5.74. The molecule has 1 unspecified atom stereocenters. The Morgan fingerprint density at radius 3 is 2.24 bits per heavy atom. The Morgan fingerprint density at radius 2 is 1.76 bits per heavy atom. The number of rotatable bonds is 3. The minimum absolute atomic E-state index is 0.0997. The number of allylic oxidation sites excluding steroid dienone is 2. The molecule has 1 saturated carbocycles. The van der Waals surface area contributed by atoms with Crippen LogP contribution in [0.5, 0.6) is 0 Å². The molecular formula is C13H19NO3. The molecule has 1 amide bonds. The number of hydrogen-bond donors (Lipinski definition) is 2. The van der Waals surface area contributed by atoms with Gasteiger partial charge in [0.2, 0.25) is 5.91 Å². The lowest BCUT2D eigenvalue weighted by Gasteiger charge is -2.24. The van der Waals surface area contributed by atoms with Crippen LogP contribution in [0, 0.1) is 17.3 Å². The van der Waals surface area contributed by atoms with Gasteiger partial charge in [-0.2, -0.15) is 0 Å². The highest BCUT2D eigenvalue weighted by atomic mass is 16.4. The van der Waals surface area contributed by atoms with E-state index in [1.54, 1.807) is 0 Å². The number of hydrogen-bond acceptors (Lipinski definition) is 2. The Bertz CT molecular complexity index is 373. The van der Waals surface area contributed by atoms with Crippen LogP contribution in [0.15, 0.2) is 12.2 Å². The Labute approximate surface area is 101 Å². The molecule has 0 spiro atoms. The molecule has 0 heterocycles. The fourth-order valence-electron chi connectivity index (χ4n) is 2.37. The lowest BCUT2D eigenvalue weighted by Crippen LogP contribution is -2.40. The standard InChI is InChI=1S/C13H19NO3/c1-13(2)7-10(13)14-11(15)8-5-3-4-6-9(8)12(16)17/h3-4,8-10H,5-7H2,1-2H3,(H,14,15)(H,16,17)/t8-,9+,10?/m1/s1. The average molecular weight is 237 g/mol. The quantitative estimate of drug-likeness (QED) is 0.732. The lowest BCUT2D eigenvalue weighted by molar-refractivity contribution is -0.147. The number of amides is 1. The molecule has 2 aliphatic carbocycles. The molecule has 0 bridgehead atoms. The second kappa shape index (κ2) is 4.17. The van der Waals surface area contributed by atoms with Crippen molar-refractivity contribution in [3.8, 4) is 0 Å². The third-order valence-electron chi connectivity index (χ3n) is 3.92. The van der Waals surface area contributed by atoms with Gasteiger partial charge in [0.05, 0.1) is 11.8 Å². The van der Waals surface area contributed by atoms with E-state index in [1.807, 2.05) is 12.2 Å². The van der Waals surface area contributed by atoms with E-state index in [0.29, 0.717) is 12.8 Å². The molecule has 94 valence electrons. The van der Waals surface area contributed by atoms with E-state index in [1.165, 1.54) is 0 Å². The minimum Gasteiger partial charge on any atom is -0.481 e. The van der Waals surface area contributed by atoms with Gasteiger partial charge in [-0.1, -0.05) is 26.0 Å². The second-order valence-corrected chi connectivity index (χ2v) is 5.75. The Morgan fingerprint density at radius 1 is 1.24 bits per heavy atom. The topological polar surface area (TPSA) is 66.4 Å². The molecule has 1 fully saturated rings. The number of aliphatic carboxylic acids is 1. The van der Waals surface area contributed by atoms with Crippen molar-refractivity contribution in [1.29, 1.82) is 0 Å². The molecule has 4 nitrogen and oxygen atoms in total. The van der Waals surface area contributed by atoms with E-state index in [4.69, 9.17) is 5.11 Å². The molecule has 0 saturated heterocycles. The predicted molar refractivity (Wildman–Crippen MR) is 63.3 cm³/mol. The third kappa shape index (κ3) is 2.51.